The lowest BCUT2D eigenvalue weighted by Gasteiger charge is -2.11. The van der Waals surface area contributed by atoms with E-state index in [1.54, 1.807) is 44.0 Å². The third-order valence-corrected chi connectivity index (χ3v) is 3.88. The van der Waals surface area contributed by atoms with E-state index in [1.807, 2.05) is 24.3 Å². The van der Waals surface area contributed by atoms with Gasteiger partial charge in [0.1, 0.15) is 0 Å². The van der Waals surface area contributed by atoms with Crippen LogP contribution >= 0.6 is 0 Å². The van der Waals surface area contributed by atoms with E-state index in [9.17, 15) is 4.79 Å². The molecule has 9 nitrogen and oxygen atoms in total. The van der Waals surface area contributed by atoms with Crippen molar-refractivity contribution in [2.75, 3.05) is 19.5 Å². The van der Waals surface area contributed by atoms with Crippen molar-refractivity contribution >= 4 is 11.7 Å². The summed E-state index contributed by atoms with van der Waals surface area (Å²) in [4.78, 5) is 12.2. The molecule has 9 heteroatoms. The number of carbonyl (C=O) groups excluding carboxylic acids is 1. The first-order valence-corrected chi connectivity index (χ1v) is 8.22. The number of hydrogen-bond acceptors (Lipinski definition) is 6. The molecule has 2 N–H and O–H groups in total. The first-order chi connectivity index (χ1) is 13.1. The Hall–Kier alpha value is -3.62. The van der Waals surface area contributed by atoms with Crippen LogP contribution in [0.3, 0.4) is 0 Å². The molecule has 2 aromatic carbocycles. The molecule has 0 bridgehead atoms. The molecule has 2 amide bonds. The second-order valence-corrected chi connectivity index (χ2v) is 5.69. The maximum Gasteiger partial charge on any atom is 0.319 e. The van der Waals surface area contributed by atoms with E-state index in [0.717, 1.165) is 11.3 Å². The summed E-state index contributed by atoms with van der Waals surface area (Å²) in [7, 11) is 3.15. The van der Waals surface area contributed by atoms with E-state index in [2.05, 4.69) is 26.2 Å². The van der Waals surface area contributed by atoms with Crippen molar-refractivity contribution in [3.63, 3.8) is 0 Å². The molecular weight excluding hydrogens is 348 g/mol. The van der Waals surface area contributed by atoms with Crippen molar-refractivity contribution < 1.29 is 14.3 Å². The molecule has 3 rings (SSSR count). The highest BCUT2D eigenvalue weighted by molar-refractivity contribution is 5.89. The number of carbonyl (C=O) groups is 1. The van der Waals surface area contributed by atoms with Gasteiger partial charge in [-0.1, -0.05) is 12.1 Å². The van der Waals surface area contributed by atoms with Gasteiger partial charge in [0.25, 0.3) is 0 Å². The average molecular weight is 368 g/mol. The van der Waals surface area contributed by atoms with Crippen LogP contribution in [0.5, 0.6) is 11.5 Å². The standard InChI is InChI=1S/C18H20N6O3/c1-12-21-22-23-24(12)15-6-4-5-14(10-15)20-18(25)19-11-13-7-8-16(26-2)17(9-13)27-3/h4-10H,11H2,1-3H3,(H2,19,20,25). The number of benzene rings is 2. The van der Waals surface area contributed by atoms with Gasteiger partial charge < -0.3 is 20.1 Å². The second-order valence-electron chi connectivity index (χ2n) is 5.69. The summed E-state index contributed by atoms with van der Waals surface area (Å²) in [6.45, 7) is 2.15. The molecule has 0 radical (unpaired) electrons. The highest BCUT2D eigenvalue weighted by Gasteiger charge is 2.08. The Morgan fingerprint density at radius 2 is 1.93 bits per heavy atom. The molecule has 3 aromatic rings. The van der Waals surface area contributed by atoms with Crippen LogP contribution in [0.15, 0.2) is 42.5 Å². The fraction of sp³-hybridized carbons (Fsp3) is 0.222. The first-order valence-electron chi connectivity index (χ1n) is 8.22. The molecule has 27 heavy (non-hydrogen) atoms. The second kappa shape index (κ2) is 8.17. The molecule has 140 valence electrons. The Kier molecular flexibility index (Phi) is 5.50. The number of nitrogens with zero attached hydrogens (tertiary/aromatic N) is 4. The summed E-state index contributed by atoms with van der Waals surface area (Å²) < 4.78 is 12.1. The Bertz CT molecular complexity index is 940. The largest absolute Gasteiger partial charge is 0.493 e. The normalized spacial score (nSPS) is 10.3. The summed E-state index contributed by atoms with van der Waals surface area (Å²) >= 11 is 0. The van der Waals surface area contributed by atoms with Crippen molar-refractivity contribution in [1.29, 1.82) is 0 Å². The van der Waals surface area contributed by atoms with E-state index < -0.39 is 0 Å². The van der Waals surface area contributed by atoms with Gasteiger partial charge in [-0.25, -0.2) is 4.79 Å². The van der Waals surface area contributed by atoms with Crippen LogP contribution in [0, 0.1) is 6.92 Å². The maximum absolute atomic E-state index is 12.2. The number of ether oxygens (including phenoxy) is 2. The van der Waals surface area contributed by atoms with Crippen LogP contribution < -0.4 is 20.1 Å². The number of rotatable bonds is 6. The minimum Gasteiger partial charge on any atom is -0.493 e. The maximum atomic E-state index is 12.2. The number of urea groups is 1. The number of nitrogens with one attached hydrogen (secondary N) is 2. The monoisotopic (exact) mass is 368 g/mol. The van der Waals surface area contributed by atoms with Crippen molar-refractivity contribution in [2.24, 2.45) is 0 Å². The van der Waals surface area contributed by atoms with Gasteiger partial charge in [0.05, 0.1) is 19.9 Å². The van der Waals surface area contributed by atoms with Gasteiger partial charge in [-0.15, -0.1) is 5.10 Å². The van der Waals surface area contributed by atoms with Gasteiger partial charge in [-0.3, -0.25) is 0 Å². The Labute approximate surface area is 156 Å². The van der Waals surface area contributed by atoms with Crippen molar-refractivity contribution in [3.05, 3.63) is 53.9 Å². The number of aromatic nitrogens is 4. The SMILES string of the molecule is COc1ccc(CNC(=O)Nc2cccc(-n3nnnc3C)c2)cc1OC. The number of amides is 2. The third-order valence-electron chi connectivity index (χ3n) is 3.88. The highest BCUT2D eigenvalue weighted by Crippen LogP contribution is 2.27. The van der Waals surface area contributed by atoms with Gasteiger partial charge in [-0.2, -0.15) is 4.68 Å². The summed E-state index contributed by atoms with van der Waals surface area (Å²) in [6.07, 6.45) is 0. The number of tetrazole rings is 1. The Morgan fingerprint density at radius 1 is 1.11 bits per heavy atom. The van der Waals surface area contributed by atoms with Crippen LogP contribution in [-0.2, 0) is 6.54 Å². The third kappa shape index (κ3) is 4.32. The van der Waals surface area contributed by atoms with E-state index >= 15 is 0 Å². The van der Waals surface area contributed by atoms with Crippen molar-refractivity contribution in [2.45, 2.75) is 13.5 Å². The molecule has 1 aromatic heterocycles. The predicted molar refractivity (Wildman–Crippen MR) is 99.3 cm³/mol. The Morgan fingerprint density at radius 3 is 2.63 bits per heavy atom. The molecule has 0 saturated heterocycles. The number of methoxy groups -OCH3 is 2. The first kappa shape index (κ1) is 18.2. The molecule has 0 saturated carbocycles. The van der Waals surface area contributed by atoms with E-state index in [4.69, 9.17) is 9.47 Å². The average Bonchev–Trinajstić information content (AvgIpc) is 3.12. The number of aryl methyl sites for hydroxylation is 1. The molecule has 0 aliphatic heterocycles. The minimum atomic E-state index is -0.324. The quantitative estimate of drug-likeness (QED) is 0.692. The predicted octanol–water partition coefficient (Wildman–Crippen LogP) is 2.31. The molecule has 1 heterocycles. The molecule has 0 unspecified atom stereocenters. The summed E-state index contributed by atoms with van der Waals surface area (Å²) in [5.41, 5.74) is 2.28. The highest BCUT2D eigenvalue weighted by atomic mass is 16.5. The van der Waals surface area contributed by atoms with Crippen molar-refractivity contribution in [3.8, 4) is 17.2 Å². The van der Waals surface area contributed by atoms with Gasteiger partial charge in [0.2, 0.25) is 0 Å². The zero-order valence-corrected chi connectivity index (χ0v) is 15.3. The van der Waals surface area contributed by atoms with Crippen molar-refractivity contribution in [1.82, 2.24) is 25.5 Å². The summed E-state index contributed by atoms with van der Waals surface area (Å²) in [5.74, 6) is 1.91. The van der Waals surface area contributed by atoms with E-state index in [0.29, 0.717) is 29.6 Å². The lowest BCUT2D eigenvalue weighted by atomic mass is 10.2. The van der Waals surface area contributed by atoms with Crippen LogP contribution in [-0.4, -0.2) is 40.5 Å². The van der Waals surface area contributed by atoms with Gasteiger partial charge in [-0.05, 0) is 53.2 Å². The smallest absolute Gasteiger partial charge is 0.319 e. The lowest BCUT2D eigenvalue weighted by Crippen LogP contribution is -2.28. The molecule has 0 aliphatic rings. The molecule has 0 fully saturated rings. The minimum absolute atomic E-state index is 0.324. The van der Waals surface area contributed by atoms with E-state index in [1.165, 1.54) is 0 Å². The van der Waals surface area contributed by atoms with Crippen LogP contribution in [0.25, 0.3) is 5.69 Å². The topological polar surface area (TPSA) is 103 Å². The van der Waals surface area contributed by atoms with Crippen LogP contribution in [0.4, 0.5) is 10.5 Å². The number of hydrogen-bond donors (Lipinski definition) is 2. The lowest BCUT2D eigenvalue weighted by molar-refractivity contribution is 0.251. The van der Waals surface area contributed by atoms with E-state index in [-0.39, 0.29) is 6.03 Å². The van der Waals surface area contributed by atoms with Gasteiger partial charge in [0, 0.05) is 12.2 Å². The Balaban J connectivity index is 1.62. The molecule has 0 atom stereocenters. The molecular formula is C18H20N6O3. The zero-order valence-electron chi connectivity index (χ0n) is 15.3. The summed E-state index contributed by atoms with van der Waals surface area (Å²) in [6, 6.07) is 12.4. The van der Waals surface area contributed by atoms with Gasteiger partial charge >= 0.3 is 6.03 Å². The van der Waals surface area contributed by atoms with Crippen LogP contribution in [0.1, 0.15) is 11.4 Å². The fourth-order valence-electron chi connectivity index (χ4n) is 2.53. The van der Waals surface area contributed by atoms with Gasteiger partial charge in [0.15, 0.2) is 17.3 Å². The zero-order chi connectivity index (χ0) is 19.2. The molecule has 0 aliphatic carbocycles. The molecule has 0 spiro atoms. The van der Waals surface area contributed by atoms with Crippen LogP contribution in [0.2, 0.25) is 0 Å². The summed E-state index contributed by atoms with van der Waals surface area (Å²) in [5, 5.41) is 17.0. The number of anilines is 1. The fourth-order valence-corrected chi connectivity index (χ4v) is 2.53.